The van der Waals surface area contributed by atoms with Gasteiger partial charge >= 0.3 is 6.18 Å². The molecule has 1 aromatic rings. The van der Waals surface area contributed by atoms with E-state index >= 15 is 0 Å². The Morgan fingerprint density at radius 3 is 2.47 bits per heavy atom. The van der Waals surface area contributed by atoms with Crippen molar-refractivity contribution >= 4 is 16.5 Å². The molecule has 2 N–H and O–H groups in total. The van der Waals surface area contributed by atoms with E-state index < -0.39 is 11.2 Å². The van der Waals surface area contributed by atoms with Crippen LogP contribution in [0.25, 0.3) is 0 Å². The van der Waals surface area contributed by atoms with Gasteiger partial charge in [-0.2, -0.15) is 13.2 Å². The van der Waals surface area contributed by atoms with E-state index in [0.717, 1.165) is 19.3 Å². The minimum atomic E-state index is -4.41. The van der Waals surface area contributed by atoms with Gasteiger partial charge in [-0.25, -0.2) is 0 Å². The van der Waals surface area contributed by atoms with Gasteiger partial charge in [0.25, 0.3) is 0 Å². The molecule has 8 heteroatoms. The third kappa shape index (κ3) is 2.68. The van der Waals surface area contributed by atoms with Gasteiger partial charge in [0.1, 0.15) is 0 Å². The molecule has 0 bridgehead atoms. The molecule has 0 radical (unpaired) electrons. The molecule has 0 aliphatic heterocycles. The summed E-state index contributed by atoms with van der Waals surface area (Å²) in [6.07, 6.45) is -1.33. The minimum absolute atomic E-state index is 0.271. The van der Waals surface area contributed by atoms with Crippen LogP contribution in [0, 0.1) is 0 Å². The Kier molecular flexibility index (Phi) is 3.53. The molecule has 1 saturated carbocycles. The van der Waals surface area contributed by atoms with Gasteiger partial charge in [-0.1, -0.05) is 11.3 Å². The van der Waals surface area contributed by atoms with Crippen molar-refractivity contribution in [3.63, 3.8) is 0 Å². The summed E-state index contributed by atoms with van der Waals surface area (Å²) >= 11 is 0.589. The lowest BCUT2D eigenvalue weighted by molar-refractivity contribution is -0.138. The Morgan fingerprint density at radius 1 is 1.35 bits per heavy atom. The molecule has 17 heavy (non-hydrogen) atoms. The lowest BCUT2D eigenvalue weighted by Gasteiger charge is -2.36. The molecule has 4 nitrogen and oxygen atoms in total. The van der Waals surface area contributed by atoms with Crippen molar-refractivity contribution in [1.82, 2.24) is 10.2 Å². The smallest absolute Gasteiger partial charge is 0.342 e. The largest absolute Gasteiger partial charge is 0.445 e. The van der Waals surface area contributed by atoms with Crippen LogP contribution in [0.1, 0.15) is 24.3 Å². The van der Waals surface area contributed by atoms with Gasteiger partial charge in [0.05, 0.1) is 0 Å². The van der Waals surface area contributed by atoms with E-state index in [0.29, 0.717) is 29.6 Å². The van der Waals surface area contributed by atoms with Gasteiger partial charge in [0, 0.05) is 19.1 Å². The summed E-state index contributed by atoms with van der Waals surface area (Å²) in [5, 5.41) is 6.25. The Bertz CT molecular complexity index is 375. The summed E-state index contributed by atoms with van der Waals surface area (Å²) in [6.45, 7) is 0.925. The molecule has 96 valence electrons. The second kappa shape index (κ2) is 4.77. The fourth-order valence-electron chi connectivity index (χ4n) is 1.72. The van der Waals surface area contributed by atoms with Crippen molar-refractivity contribution in [3.8, 4) is 0 Å². The van der Waals surface area contributed by atoms with Gasteiger partial charge in [-0.05, 0) is 19.3 Å². The molecule has 1 heterocycles. The van der Waals surface area contributed by atoms with E-state index in [1.165, 1.54) is 0 Å². The number of nitrogens with two attached hydrogens (primary N) is 1. The van der Waals surface area contributed by atoms with Gasteiger partial charge in [-0.15, -0.1) is 10.2 Å². The molecule has 1 aliphatic carbocycles. The molecular formula is C9H13F3N4S. The van der Waals surface area contributed by atoms with E-state index in [1.807, 2.05) is 4.90 Å². The van der Waals surface area contributed by atoms with Crippen LogP contribution < -0.4 is 10.6 Å². The van der Waals surface area contributed by atoms with Crippen LogP contribution >= 0.6 is 11.3 Å². The zero-order chi connectivity index (χ0) is 12.5. The third-order valence-electron chi connectivity index (χ3n) is 2.79. The summed E-state index contributed by atoms with van der Waals surface area (Å²) in [4.78, 5) is 1.84. The van der Waals surface area contributed by atoms with Crippen LogP contribution in [-0.2, 0) is 6.18 Å². The Balaban J connectivity index is 2.15. The molecule has 0 spiro atoms. The van der Waals surface area contributed by atoms with Crippen LogP contribution in [0.4, 0.5) is 18.3 Å². The lowest BCUT2D eigenvalue weighted by Crippen LogP contribution is -2.43. The number of rotatable bonds is 4. The SMILES string of the molecule is NCCN(c1nnc(C(F)(F)F)s1)C1CCC1. The molecule has 0 amide bonds. The van der Waals surface area contributed by atoms with Crippen molar-refractivity contribution < 1.29 is 13.2 Å². The molecule has 2 rings (SSSR count). The maximum atomic E-state index is 12.4. The van der Waals surface area contributed by atoms with Crippen molar-refractivity contribution in [2.24, 2.45) is 5.73 Å². The number of hydrogen-bond donors (Lipinski definition) is 1. The Labute approximate surface area is 101 Å². The van der Waals surface area contributed by atoms with E-state index in [1.54, 1.807) is 0 Å². The topological polar surface area (TPSA) is 55.0 Å². The van der Waals surface area contributed by atoms with Crippen molar-refractivity contribution in [2.75, 3.05) is 18.0 Å². The highest BCUT2D eigenvalue weighted by molar-refractivity contribution is 7.15. The zero-order valence-corrected chi connectivity index (χ0v) is 9.89. The number of aromatic nitrogens is 2. The predicted molar refractivity (Wildman–Crippen MR) is 59.0 cm³/mol. The fourth-order valence-corrected chi connectivity index (χ4v) is 2.53. The standard InChI is InChI=1S/C9H13F3N4S/c10-9(11,12)7-14-15-8(17-7)16(5-4-13)6-2-1-3-6/h6H,1-5,13H2. The van der Waals surface area contributed by atoms with Gasteiger partial charge in [-0.3, -0.25) is 0 Å². The monoisotopic (exact) mass is 266 g/mol. The lowest BCUT2D eigenvalue weighted by atomic mass is 9.92. The van der Waals surface area contributed by atoms with Crippen LogP contribution in [0.15, 0.2) is 0 Å². The van der Waals surface area contributed by atoms with E-state index in [2.05, 4.69) is 10.2 Å². The molecule has 1 aliphatic rings. The summed E-state index contributed by atoms with van der Waals surface area (Å²) in [7, 11) is 0. The normalized spacial score (nSPS) is 16.9. The zero-order valence-electron chi connectivity index (χ0n) is 9.07. The number of anilines is 1. The summed E-state index contributed by atoms with van der Waals surface area (Å²) < 4.78 is 37.2. The molecular weight excluding hydrogens is 253 g/mol. The summed E-state index contributed by atoms with van der Waals surface area (Å²) in [5.74, 6) is 0. The van der Waals surface area contributed by atoms with Gasteiger partial charge in [0.15, 0.2) is 0 Å². The number of alkyl halides is 3. The number of hydrogen-bond acceptors (Lipinski definition) is 5. The second-order valence-corrected chi connectivity index (χ2v) is 4.91. The average molecular weight is 266 g/mol. The molecule has 1 aromatic heterocycles. The molecule has 0 unspecified atom stereocenters. The van der Waals surface area contributed by atoms with Crippen LogP contribution in [-0.4, -0.2) is 29.3 Å². The first-order valence-corrected chi connectivity index (χ1v) is 6.21. The molecule has 0 aromatic carbocycles. The van der Waals surface area contributed by atoms with Gasteiger partial charge in [0.2, 0.25) is 10.1 Å². The Morgan fingerprint density at radius 2 is 2.06 bits per heavy atom. The third-order valence-corrected chi connectivity index (χ3v) is 3.79. The highest BCUT2D eigenvalue weighted by atomic mass is 32.1. The first-order valence-electron chi connectivity index (χ1n) is 5.40. The Hall–Kier alpha value is -0.890. The van der Waals surface area contributed by atoms with Crippen molar-refractivity contribution in [3.05, 3.63) is 5.01 Å². The number of nitrogens with zero attached hydrogens (tertiary/aromatic N) is 3. The minimum Gasteiger partial charge on any atom is -0.342 e. The predicted octanol–water partition coefficient (Wildman–Crippen LogP) is 1.87. The fraction of sp³-hybridized carbons (Fsp3) is 0.778. The highest BCUT2D eigenvalue weighted by Crippen LogP contribution is 2.36. The summed E-state index contributed by atoms with van der Waals surface area (Å²) in [6, 6.07) is 0.271. The van der Waals surface area contributed by atoms with E-state index in [4.69, 9.17) is 5.73 Å². The maximum absolute atomic E-state index is 12.4. The summed E-state index contributed by atoms with van der Waals surface area (Å²) in [5.41, 5.74) is 5.47. The average Bonchev–Trinajstić information content (AvgIpc) is 2.61. The van der Waals surface area contributed by atoms with Crippen molar-refractivity contribution in [2.45, 2.75) is 31.5 Å². The van der Waals surface area contributed by atoms with Crippen LogP contribution in [0.3, 0.4) is 0 Å². The maximum Gasteiger partial charge on any atom is 0.445 e. The van der Waals surface area contributed by atoms with Gasteiger partial charge < -0.3 is 10.6 Å². The van der Waals surface area contributed by atoms with Crippen LogP contribution in [0.5, 0.6) is 0 Å². The van der Waals surface area contributed by atoms with E-state index in [9.17, 15) is 13.2 Å². The molecule has 1 fully saturated rings. The molecule has 0 saturated heterocycles. The highest BCUT2D eigenvalue weighted by Gasteiger charge is 2.37. The first kappa shape index (κ1) is 12.6. The van der Waals surface area contributed by atoms with Crippen molar-refractivity contribution in [1.29, 1.82) is 0 Å². The first-order chi connectivity index (χ1) is 8.02. The number of halogens is 3. The molecule has 0 atom stereocenters. The van der Waals surface area contributed by atoms with E-state index in [-0.39, 0.29) is 6.04 Å². The van der Waals surface area contributed by atoms with Crippen LogP contribution in [0.2, 0.25) is 0 Å². The second-order valence-electron chi connectivity index (χ2n) is 3.95. The quantitative estimate of drug-likeness (QED) is 0.904.